The first-order valence-corrected chi connectivity index (χ1v) is 8.44. The highest BCUT2D eigenvalue weighted by Gasteiger charge is 2.11. The lowest BCUT2D eigenvalue weighted by molar-refractivity contribution is 0.336. The monoisotopic (exact) mass is 306 g/mol. The molecule has 0 N–H and O–H groups in total. The Kier molecular flexibility index (Phi) is 6.45. The highest BCUT2D eigenvalue weighted by Crippen LogP contribution is 2.25. The molecule has 108 valence electrons. The van der Waals surface area contributed by atoms with E-state index >= 15 is 0 Å². The number of ether oxygens (including phenoxy) is 2. The Hall–Kier alpha value is -0.940. The van der Waals surface area contributed by atoms with Gasteiger partial charge in [0.25, 0.3) is 0 Å². The van der Waals surface area contributed by atoms with Gasteiger partial charge >= 0.3 is 0 Å². The van der Waals surface area contributed by atoms with E-state index in [2.05, 4.69) is 0 Å². The number of methoxy groups -OCH3 is 1. The summed E-state index contributed by atoms with van der Waals surface area (Å²) in [6.45, 7) is 1.98. The van der Waals surface area contributed by atoms with Crippen LogP contribution in [0.5, 0.6) is 11.5 Å². The van der Waals surface area contributed by atoms with Crippen molar-refractivity contribution in [2.75, 3.05) is 25.2 Å². The van der Waals surface area contributed by atoms with Gasteiger partial charge in [0.1, 0.15) is 18.1 Å². The standard InChI is InChI=1S/C13H19ClO4S/c1-3-7-19(15,16)8-6-18-13-5-4-12(17-2)9-11(13)10-14/h4-5,9H,3,6-8,10H2,1-2H3. The number of rotatable bonds is 8. The minimum atomic E-state index is -3.02. The van der Waals surface area contributed by atoms with Crippen molar-refractivity contribution >= 4 is 21.4 Å². The Morgan fingerprint density at radius 3 is 2.58 bits per heavy atom. The van der Waals surface area contributed by atoms with Gasteiger partial charge in [-0.05, 0) is 24.6 Å². The first-order valence-electron chi connectivity index (χ1n) is 6.08. The highest BCUT2D eigenvalue weighted by atomic mass is 35.5. The molecule has 0 unspecified atom stereocenters. The molecule has 1 rings (SSSR count). The van der Waals surface area contributed by atoms with Crippen LogP contribution in [0.3, 0.4) is 0 Å². The molecular formula is C13H19ClO4S. The summed E-state index contributed by atoms with van der Waals surface area (Å²) < 4.78 is 33.7. The Bertz CT molecular complexity index is 499. The van der Waals surface area contributed by atoms with Gasteiger partial charge in [-0.25, -0.2) is 8.42 Å². The molecule has 1 aromatic rings. The Morgan fingerprint density at radius 1 is 1.26 bits per heavy atom. The molecule has 0 aromatic heterocycles. The molecule has 0 aliphatic carbocycles. The lowest BCUT2D eigenvalue weighted by atomic mass is 10.2. The second-order valence-electron chi connectivity index (χ2n) is 4.11. The van der Waals surface area contributed by atoms with Crippen LogP contribution in [0.25, 0.3) is 0 Å². The molecule has 0 heterocycles. The molecule has 0 saturated carbocycles. The zero-order chi connectivity index (χ0) is 14.3. The smallest absolute Gasteiger partial charge is 0.153 e. The van der Waals surface area contributed by atoms with Crippen molar-refractivity contribution in [1.82, 2.24) is 0 Å². The van der Waals surface area contributed by atoms with Crippen molar-refractivity contribution in [3.63, 3.8) is 0 Å². The molecular weight excluding hydrogens is 288 g/mol. The second-order valence-corrected chi connectivity index (χ2v) is 6.68. The van der Waals surface area contributed by atoms with Gasteiger partial charge < -0.3 is 9.47 Å². The molecule has 6 heteroatoms. The van der Waals surface area contributed by atoms with Crippen LogP contribution in [0, 0.1) is 0 Å². The maximum Gasteiger partial charge on any atom is 0.153 e. The molecule has 0 radical (unpaired) electrons. The zero-order valence-electron chi connectivity index (χ0n) is 11.2. The van der Waals surface area contributed by atoms with Crippen LogP contribution in [-0.2, 0) is 15.7 Å². The predicted octanol–water partition coefficient (Wildman–Crippen LogP) is 2.64. The molecule has 0 saturated heterocycles. The van der Waals surface area contributed by atoms with Crippen molar-refractivity contribution < 1.29 is 17.9 Å². The highest BCUT2D eigenvalue weighted by molar-refractivity contribution is 7.91. The Morgan fingerprint density at radius 2 is 2.00 bits per heavy atom. The number of benzene rings is 1. The van der Waals surface area contributed by atoms with E-state index < -0.39 is 9.84 Å². The maximum atomic E-state index is 11.5. The molecule has 0 amide bonds. The van der Waals surface area contributed by atoms with Crippen LogP contribution in [0.2, 0.25) is 0 Å². The number of sulfone groups is 1. The lowest BCUT2D eigenvalue weighted by Gasteiger charge is -2.11. The predicted molar refractivity (Wildman–Crippen MR) is 77.0 cm³/mol. The van der Waals surface area contributed by atoms with E-state index in [0.717, 1.165) is 5.56 Å². The van der Waals surface area contributed by atoms with Gasteiger partial charge in [-0.15, -0.1) is 11.6 Å². The number of alkyl halides is 1. The van der Waals surface area contributed by atoms with Crippen LogP contribution in [-0.4, -0.2) is 33.6 Å². The van der Waals surface area contributed by atoms with E-state index in [1.54, 1.807) is 25.3 Å². The zero-order valence-corrected chi connectivity index (χ0v) is 12.8. The average molecular weight is 307 g/mol. The van der Waals surface area contributed by atoms with Crippen molar-refractivity contribution in [3.05, 3.63) is 23.8 Å². The first-order chi connectivity index (χ1) is 9.02. The molecule has 0 aliphatic rings. The van der Waals surface area contributed by atoms with Crippen molar-refractivity contribution in [2.45, 2.75) is 19.2 Å². The van der Waals surface area contributed by atoms with Gasteiger partial charge in [-0.2, -0.15) is 0 Å². The minimum Gasteiger partial charge on any atom is -0.497 e. The van der Waals surface area contributed by atoms with Gasteiger partial charge in [-0.1, -0.05) is 6.92 Å². The fraction of sp³-hybridized carbons (Fsp3) is 0.538. The number of hydrogen-bond acceptors (Lipinski definition) is 4. The van der Waals surface area contributed by atoms with Crippen molar-refractivity contribution in [1.29, 1.82) is 0 Å². The van der Waals surface area contributed by atoms with Gasteiger partial charge in [0.05, 0.1) is 24.5 Å². The summed E-state index contributed by atoms with van der Waals surface area (Å²) in [6.07, 6.45) is 0.623. The lowest BCUT2D eigenvalue weighted by Crippen LogP contribution is -2.17. The molecule has 0 spiro atoms. The summed E-state index contributed by atoms with van der Waals surface area (Å²) in [7, 11) is -1.44. The summed E-state index contributed by atoms with van der Waals surface area (Å²) in [5.74, 6) is 1.80. The SMILES string of the molecule is CCCS(=O)(=O)CCOc1ccc(OC)cc1CCl. The fourth-order valence-electron chi connectivity index (χ4n) is 1.62. The molecule has 0 aliphatic heterocycles. The number of halogens is 1. The topological polar surface area (TPSA) is 52.6 Å². The van der Waals surface area contributed by atoms with Crippen LogP contribution in [0.1, 0.15) is 18.9 Å². The normalized spacial score (nSPS) is 11.3. The van der Waals surface area contributed by atoms with Gasteiger partial charge in [-0.3, -0.25) is 0 Å². The van der Waals surface area contributed by atoms with Crippen molar-refractivity contribution in [2.24, 2.45) is 0 Å². The number of hydrogen-bond donors (Lipinski definition) is 0. The van der Waals surface area contributed by atoms with E-state index in [0.29, 0.717) is 17.9 Å². The van der Waals surface area contributed by atoms with Gasteiger partial charge in [0.2, 0.25) is 0 Å². The molecule has 1 aromatic carbocycles. The Balaban J connectivity index is 2.63. The largest absolute Gasteiger partial charge is 0.497 e. The van der Waals surface area contributed by atoms with E-state index in [1.807, 2.05) is 6.92 Å². The third-order valence-electron chi connectivity index (χ3n) is 2.58. The first kappa shape index (κ1) is 16.1. The van der Waals surface area contributed by atoms with Crippen LogP contribution < -0.4 is 9.47 Å². The molecule has 4 nitrogen and oxygen atoms in total. The molecule has 0 atom stereocenters. The summed E-state index contributed by atoms with van der Waals surface area (Å²) >= 11 is 5.83. The average Bonchev–Trinajstić information content (AvgIpc) is 2.38. The second kappa shape index (κ2) is 7.60. The van der Waals surface area contributed by atoms with E-state index in [9.17, 15) is 8.42 Å². The fourth-order valence-corrected chi connectivity index (χ4v) is 2.99. The van der Waals surface area contributed by atoms with Crippen LogP contribution in [0.4, 0.5) is 0 Å². The van der Waals surface area contributed by atoms with E-state index in [1.165, 1.54) is 0 Å². The third-order valence-corrected chi connectivity index (χ3v) is 4.69. The molecule has 0 fully saturated rings. The summed E-state index contributed by atoms with van der Waals surface area (Å²) in [5.41, 5.74) is 0.786. The van der Waals surface area contributed by atoms with Gasteiger partial charge in [0.15, 0.2) is 9.84 Å². The molecule has 0 bridgehead atoms. The minimum absolute atomic E-state index is 0.0224. The third kappa shape index (κ3) is 5.28. The molecule has 19 heavy (non-hydrogen) atoms. The Labute approximate surface area is 119 Å². The van der Waals surface area contributed by atoms with Crippen LogP contribution in [0.15, 0.2) is 18.2 Å². The summed E-state index contributed by atoms with van der Waals surface area (Å²) in [6, 6.07) is 5.28. The van der Waals surface area contributed by atoms with Gasteiger partial charge in [0, 0.05) is 5.56 Å². The van der Waals surface area contributed by atoms with E-state index in [-0.39, 0.29) is 24.0 Å². The van der Waals surface area contributed by atoms with Crippen molar-refractivity contribution in [3.8, 4) is 11.5 Å². The quantitative estimate of drug-likeness (QED) is 0.693. The summed E-state index contributed by atoms with van der Waals surface area (Å²) in [5, 5.41) is 0. The van der Waals surface area contributed by atoms with E-state index in [4.69, 9.17) is 21.1 Å². The van der Waals surface area contributed by atoms with Crippen LogP contribution >= 0.6 is 11.6 Å². The summed E-state index contributed by atoms with van der Waals surface area (Å²) in [4.78, 5) is 0. The maximum absolute atomic E-state index is 11.5.